The van der Waals surface area contributed by atoms with Crippen molar-refractivity contribution in [2.45, 2.75) is 13.8 Å². The molecule has 0 bridgehead atoms. The third kappa shape index (κ3) is 2.76. The standard InChI is InChI=1S/C10H13ClN2O3/c1-3-12-8-6(10(15)16-4-2)5-7(11)9(14)13-8/h5H,3-4H2,1-2H3,(H2,12,13,14). The van der Waals surface area contributed by atoms with E-state index in [0.29, 0.717) is 6.54 Å². The molecule has 0 unspecified atom stereocenters. The van der Waals surface area contributed by atoms with Crippen LogP contribution in [0, 0.1) is 0 Å². The van der Waals surface area contributed by atoms with E-state index in [-0.39, 0.29) is 28.9 Å². The predicted molar refractivity (Wildman–Crippen MR) is 61.0 cm³/mol. The number of aromatic hydroxyl groups is 1. The Labute approximate surface area is 98.4 Å². The lowest BCUT2D eigenvalue weighted by Crippen LogP contribution is -2.11. The molecule has 2 N–H and O–H groups in total. The Morgan fingerprint density at radius 1 is 1.62 bits per heavy atom. The first-order valence-corrected chi connectivity index (χ1v) is 5.28. The highest BCUT2D eigenvalue weighted by atomic mass is 35.5. The van der Waals surface area contributed by atoms with Gasteiger partial charge < -0.3 is 15.2 Å². The van der Waals surface area contributed by atoms with E-state index >= 15 is 0 Å². The summed E-state index contributed by atoms with van der Waals surface area (Å²) in [5.74, 6) is -0.568. The molecule has 0 saturated heterocycles. The fourth-order valence-electron chi connectivity index (χ4n) is 1.15. The second-order valence-corrected chi connectivity index (χ2v) is 3.35. The second kappa shape index (κ2) is 5.55. The van der Waals surface area contributed by atoms with Gasteiger partial charge in [0.05, 0.1) is 6.61 Å². The van der Waals surface area contributed by atoms with Gasteiger partial charge in [0, 0.05) is 6.54 Å². The van der Waals surface area contributed by atoms with E-state index in [1.165, 1.54) is 6.07 Å². The van der Waals surface area contributed by atoms with Gasteiger partial charge in [0.2, 0.25) is 5.88 Å². The van der Waals surface area contributed by atoms with Gasteiger partial charge in [-0.3, -0.25) is 0 Å². The largest absolute Gasteiger partial charge is 0.492 e. The Balaban J connectivity index is 3.13. The number of nitrogens with one attached hydrogen (secondary N) is 1. The smallest absolute Gasteiger partial charge is 0.341 e. The number of hydrogen-bond donors (Lipinski definition) is 2. The molecular formula is C10H13ClN2O3. The monoisotopic (exact) mass is 244 g/mol. The SMILES string of the molecule is CCNc1nc(O)c(Cl)cc1C(=O)OCC. The van der Waals surface area contributed by atoms with Crippen molar-refractivity contribution in [3.8, 4) is 5.88 Å². The molecule has 6 heteroatoms. The number of rotatable bonds is 4. The Morgan fingerprint density at radius 2 is 2.31 bits per heavy atom. The first-order chi connectivity index (χ1) is 7.60. The van der Waals surface area contributed by atoms with Gasteiger partial charge >= 0.3 is 5.97 Å². The molecule has 1 aromatic heterocycles. The Bertz CT molecular complexity index is 396. The average Bonchev–Trinajstić information content (AvgIpc) is 2.23. The summed E-state index contributed by atoms with van der Waals surface area (Å²) in [7, 11) is 0. The van der Waals surface area contributed by atoms with E-state index in [2.05, 4.69) is 10.3 Å². The van der Waals surface area contributed by atoms with Crippen LogP contribution in [-0.2, 0) is 4.74 Å². The van der Waals surface area contributed by atoms with Crippen LogP contribution in [-0.4, -0.2) is 29.2 Å². The summed E-state index contributed by atoms with van der Waals surface area (Å²) in [5.41, 5.74) is 0.214. The molecule has 5 nitrogen and oxygen atoms in total. The van der Waals surface area contributed by atoms with Crippen molar-refractivity contribution in [3.63, 3.8) is 0 Å². The number of pyridine rings is 1. The zero-order valence-electron chi connectivity index (χ0n) is 9.08. The van der Waals surface area contributed by atoms with Gasteiger partial charge in [0.25, 0.3) is 0 Å². The van der Waals surface area contributed by atoms with Crippen LogP contribution in [0.5, 0.6) is 5.88 Å². The third-order valence-corrected chi connectivity index (χ3v) is 2.08. The van der Waals surface area contributed by atoms with E-state index < -0.39 is 5.97 Å². The van der Waals surface area contributed by atoms with E-state index in [9.17, 15) is 9.90 Å². The zero-order chi connectivity index (χ0) is 12.1. The van der Waals surface area contributed by atoms with Crippen molar-refractivity contribution in [1.29, 1.82) is 0 Å². The van der Waals surface area contributed by atoms with Crippen LogP contribution in [0.2, 0.25) is 5.02 Å². The first kappa shape index (κ1) is 12.6. The molecule has 0 spiro atoms. The molecule has 1 aromatic rings. The van der Waals surface area contributed by atoms with E-state index in [0.717, 1.165) is 0 Å². The Kier molecular flexibility index (Phi) is 4.37. The van der Waals surface area contributed by atoms with Crippen LogP contribution in [0.15, 0.2) is 6.07 Å². The molecule has 0 atom stereocenters. The zero-order valence-corrected chi connectivity index (χ0v) is 9.84. The molecule has 0 radical (unpaired) electrons. The van der Waals surface area contributed by atoms with Crippen molar-refractivity contribution in [2.75, 3.05) is 18.5 Å². The molecule has 0 aromatic carbocycles. The molecule has 0 aliphatic rings. The first-order valence-electron chi connectivity index (χ1n) is 4.90. The topological polar surface area (TPSA) is 71.5 Å². The van der Waals surface area contributed by atoms with Crippen molar-refractivity contribution in [3.05, 3.63) is 16.7 Å². The van der Waals surface area contributed by atoms with Crippen molar-refractivity contribution >= 4 is 23.4 Å². The summed E-state index contributed by atoms with van der Waals surface area (Å²) in [6, 6.07) is 1.33. The van der Waals surface area contributed by atoms with Crippen LogP contribution in [0.4, 0.5) is 5.82 Å². The lowest BCUT2D eigenvalue weighted by Gasteiger charge is -2.10. The van der Waals surface area contributed by atoms with Crippen molar-refractivity contribution in [2.24, 2.45) is 0 Å². The maximum absolute atomic E-state index is 11.6. The fourth-order valence-corrected chi connectivity index (χ4v) is 1.30. The van der Waals surface area contributed by atoms with Gasteiger partial charge in [-0.2, -0.15) is 4.98 Å². The highest BCUT2D eigenvalue weighted by Gasteiger charge is 2.16. The summed E-state index contributed by atoms with van der Waals surface area (Å²) in [6.45, 7) is 4.39. The second-order valence-electron chi connectivity index (χ2n) is 2.94. The summed E-state index contributed by atoms with van der Waals surface area (Å²) < 4.78 is 4.85. The van der Waals surface area contributed by atoms with Gasteiger partial charge in [-0.05, 0) is 19.9 Å². The summed E-state index contributed by atoms with van der Waals surface area (Å²) >= 11 is 5.68. The molecule has 1 rings (SSSR count). The molecule has 0 saturated carbocycles. The Hall–Kier alpha value is -1.49. The summed E-state index contributed by atoms with van der Waals surface area (Å²) in [5, 5.41) is 12.2. The van der Waals surface area contributed by atoms with Gasteiger partial charge in [-0.25, -0.2) is 4.79 Å². The minimum absolute atomic E-state index is 0.0182. The van der Waals surface area contributed by atoms with Crippen molar-refractivity contribution in [1.82, 2.24) is 4.98 Å². The van der Waals surface area contributed by atoms with Gasteiger partial charge in [0.1, 0.15) is 16.4 Å². The quantitative estimate of drug-likeness (QED) is 0.794. The lowest BCUT2D eigenvalue weighted by atomic mass is 10.2. The number of carbonyl (C=O) groups is 1. The fraction of sp³-hybridized carbons (Fsp3) is 0.400. The molecule has 88 valence electrons. The average molecular weight is 245 g/mol. The van der Waals surface area contributed by atoms with Gasteiger partial charge in [-0.15, -0.1) is 0 Å². The lowest BCUT2D eigenvalue weighted by molar-refractivity contribution is 0.0527. The highest BCUT2D eigenvalue weighted by molar-refractivity contribution is 6.32. The molecule has 0 aliphatic carbocycles. The summed E-state index contributed by atoms with van der Waals surface area (Å²) in [6.07, 6.45) is 0. The number of carbonyl (C=O) groups excluding carboxylic acids is 1. The van der Waals surface area contributed by atoms with Crippen LogP contribution in [0.3, 0.4) is 0 Å². The van der Waals surface area contributed by atoms with Crippen LogP contribution >= 0.6 is 11.6 Å². The third-order valence-electron chi connectivity index (χ3n) is 1.80. The van der Waals surface area contributed by atoms with Gasteiger partial charge in [0.15, 0.2) is 0 Å². The van der Waals surface area contributed by atoms with E-state index in [1.54, 1.807) is 6.92 Å². The maximum atomic E-state index is 11.6. The number of ether oxygens (including phenoxy) is 1. The molecule has 0 fully saturated rings. The van der Waals surface area contributed by atoms with Crippen LogP contribution < -0.4 is 5.32 Å². The van der Waals surface area contributed by atoms with Crippen molar-refractivity contribution < 1.29 is 14.6 Å². The Morgan fingerprint density at radius 3 is 2.88 bits per heavy atom. The number of halogens is 1. The van der Waals surface area contributed by atoms with Gasteiger partial charge in [-0.1, -0.05) is 11.6 Å². The molecule has 16 heavy (non-hydrogen) atoms. The number of aromatic nitrogens is 1. The predicted octanol–water partition coefficient (Wildman–Crippen LogP) is 2.05. The van der Waals surface area contributed by atoms with E-state index in [1.807, 2.05) is 6.92 Å². The molecular weight excluding hydrogens is 232 g/mol. The minimum Gasteiger partial charge on any atom is -0.492 e. The normalized spacial score (nSPS) is 9.94. The maximum Gasteiger partial charge on any atom is 0.341 e. The highest BCUT2D eigenvalue weighted by Crippen LogP contribution is 2.26. The van der Waals surface area contributed by atoms with Crippen LogP contribution in [0.25, 0.3) is 0 Å². The molecule has 0 amide bonds. The van der Waals surface area contributed by atoms with Crippen LogP contribution in [0.1, 0.15) is 24.2 Å². The number of esters is 1. The minimum atomic E-state index is -0.521. The number of hydrogen-bond acceptors (Lipinski definition) is 5. The molecule has 1 heterocycles. The molecule has 0 aliphatic heterocycles. The number of nitrogens with zero attached hydrogens (tertiary/aromatic N) is 1. The van der Waals surface area contributed by atoms with E-state index in [4.69, 9.17) is 16.3 Å². The summed E-state index contributed by atoms with van der Waals surface area (Å²) in [4.78, 5) is 15.3. The number of anilines is 1.